The molecule has 0 bridgehead atoms. The van der Waals surface area contributed by atoms with Gasteiger partial charge in [-0.2, -0.15) is 0 Å². The minimum Gasteiger partial charge on any atom is -0.462 e. The summed E-state index contributed by atoms with van der Waals surface area (Å²) in [6, 6.07) is 0.396. The van der Waals surface area contributed by atoms with Crippen LogP contribution in [0.3, 0.4) is 0 Å². The normalized spacial score (nSPS) is 15.0. The SMILES string of the molecule is C=C(C)C(=O)OCC(C)C(C)N(C)C. The Hall–Kier alpha value is -0.830. The van der Waals surface area contributed by atoms with Crippen LogP contribution in [-0.4, -0.2) is 37.6 Å². The van der Waals surface area contributed by atoms with Crippen molar-refractivity contribution in [1.82, 2.24) is 4.90 Å². The molecule has 3 heteroatoms. The zero-order valence-electron chi connectivity index (χ0n) is 9.83. The second kappa shape index (κ2) is 5.81. The third-order valence-electron chi connectivity index (χ3n) is 2.46. The molecular weight excluding hydrogens is 178 g/mol. The molecule has 0 saturated carbocycles. The van der Waals surface area contributed by atoms with Gasteiger partial charge < -0.3 is 9.64 Å². The molecule has 0 rings (SSSR count). The molecule has 0 aliphatic heterocycles. The van der Waals surface area contributed by atoms with Crippen molar-refractivity contribution < 1.29 is 9.53 Å². The fourth-order valence-electron chi connectivity index (χ4n) is 0.979. The second-order valence-corrected chi connectivity index (χ2v) is 4.06. The molecule has 0 amide bonds. The highest BCUT2D eigenvalue weighted by molar-refractivity contribution is 5.86. The summed E-state index contributed by atoms with van der Waals surface area (Å²) in [5.41, 5.74) is 0.453. The third-order valence-corrected chi connectivity index (χ3v) is 2.46. The van der Waals surface area contributed by atoms with Crippen molar-refractivity contribution in [3.8, 4) is 0 Å². The maximum absolute atomic E-state index is 11.1. The Morgan fingerprint density at radius 2 is 1.93 bits per heavy atom. The number of ether oxygens (including phenoxy) is 1. The molecular formula is C11H21NO2. The zero-order chi connectivity index (χ0) is 11.3. The van der Waals surface area contributed by atoms with Gasteiger partial charge in [-0.3, -0.25) is 0 Å². The van der Waals surface area contributed by atoms with Gasteiger partial charge in [0.1, 0.15) is 0 Å². The first kappa shape index (κ1) is 13.2. The van der Waals surface area contributed by atoms with Gasteiger partial charge in [-0.15, -0.1) is 0 Å². The molecule has 14 heavy (non-hydrogen) atoms. The van der Waals surface area contributed by atoms with Gasteiger partial charge in [-0.25, -0.2) is 4.79 Å². The lowest BCUT2D eigenvalue weighted by molar-refractivity contribution is -0.140. The minimum absolute atomic E-state index is 0.303. The predicted molar refractivity (Wildman–Crippen MR) is 58.1 cm³/mol. The van der Waals surface area contributed by atoms with Crippen molar-refractivity contribution in [2.45, 2.75) is 26.8 Å². The number of esters is 1. The van der Waals surface area contributed by atoms with E-state index in [0.717, 1.165) is 0 Å². The lowest BCUT2D eigenvalue weighted by atomic mass is 10.0. The van der Waals surface area contributed by atoms with Crippen molar-refractivity contribution >= 4 is 5.97 Å². The highest BCUT2D eigenvalue weighted by Crippen LogP contribution is 2.08. The van der Waals surface area contributed by atoms with Crippen LogP contribution in [0.4, 0.5) is 0 Å². The Balaban J connectivity index is 3.90. The van der Waals surface area contributed by atoms with Gasteiger partial charge >= 0.3 is 5.97 Å². The molecule has 0 N–H and O–H groups in total. The average Bonchev–Trinajstić information content (AvgIpc) is 2.11. The summed E-state index contributed by atoms with van der Waals surface area (Å²) < 4.78 is 5.07. The molecule has 0 heterocycles. The second-order valence-electron chi connectivity index (χ2n) is 4.06. The number of rotatable bonds is 5. The molecule has 0 saturated heterocycles. The highest BCUT2D eigenvalue weighted by atomic mass is 16.5. The summed E-state index contributed by atoms with van der Waals surface area (Å²) in [5, 5.41) is 0. The van der Waals surface area contributed by atoms with E-state index < -0.39 is 0 Å². The van der Waals surface area contributed by atoms with Gasteiger partial charge in [-0.05, 0) is 27.9 Å². The molecule has 0 aromatic heterocycles. The molecule has 2 atom stereocenters. The lowest BCUT2D eigenvalue weighted by Gasteiger charge is -2.25. The Bertz CT molecular complexity index is 211. The fourth-order valence-corrected chi connectivity index (χ4v) is 0.979. The van der Waals surface area contributed by atoms with E-state index in [1.54, 1.807) is 6.92 Å². The number of carbonyl (C=O) groups is 1. The van der Waals surface area contributed by atoms with Crippen LogP contribution in [0, 0.1) is 5.92 Å². The van der Waals surface area contributed by atoms with Crippen LogP contribution < -0.4 is 0 Å². The molecule has 0 aliphatic rings. The van der Waals surface area contributed by atoms with Crippen molar-refractivity contribution in [3.05, 3.63) is 12.2 Å². The number of carbonyl (C=O) groups excluding carboxylic acids is 1. The highest BCUT2D eigenvalue weighted by Gasteiger charge is 2.16. The van der Waals surface area contributed by atoms with Gasteiger partial charge in [0.15, 0.2) is 0 Å². The molecule has 2 unspecified atom stereocenters. The average molecular weight is 199 g/mol. The summed E-state index contributed by atoms with van der Waals surface area (Å²) >= 11 is 0. The van der Waals surface area contributed by atoms with Crippen molar-refractivity contribution in [1.29, 1.82) is 0 Å². The van der Waals surface area contributed by atoms with Crippen LogP contribution in [-0.2, 0) is 9.53 Å². The van der Waals surface area contributed by atoms with E-state index in [9.17, 15) is 4.79 Å². The maximum atomic E-state index is 11.1. The van der Waals surface area contributed by atoms with Crippen LogP contribution in [0.1, 0.15) is 20.8 Å². The summed E-state index contributed by atoms with van der Waals surface area (Å²) in [4.78, 5) is 13.2. The molecule has 0 aromatic carbocycles. The summed E-state index contributed by atoms with van der Waals surface area (Å²) in [5.74, 6) is 0.0242. The molecule has 0 radical (unpaired) electrons. The molecule has 0 fully saturated rings. The number of nitrogens with zero attached hydrogens (tertiary/aromatic N) is 1. The molecule has 82 valence electrons. The van der Waals surface area contributed by atoms with Crippen LogP contribution in [0.2, 0.25) is 0 Å². The van der Waals surface area contributed by atoms with Crippen molar-refractivity contribution in [3.63, 3.8) is 0 Å². The topological polar surface area (TPSA) is 29.5 Å². The molecule has 3 nitrogen and oxygen atoms in total. The van der Waals surface area contributed by atoms with Gasteiger partial charge in [0, 0.05) is 17.5 Å². The predicted octanol–water partition coefficient (Wildman–Crippen LogP) is 1.69. The van der Waals surface area contributed by atoms with E-state index in [0.29, 0.717) is 24.1 Å². The Morgan fingerprint density at radius 3 is 2.29 bits per heavy atom. The van der Waals surface area contributed by atoms with E-state index in [1.165, 1.54) is 0 Å². The smallest absolute Gasteiger partial charge is 0.333 e. The number of hydrogen-bond donors (Lipinski definition) is 0. The summed E-state index contributed by atoms with van der Waals surface area (Å²) in [6.07, 6.45) is 0. The zero-order valence-corrected chi connectivity index (χ0v) is 9.83. The minimum atomic E-state index is -0.303. The fraction of sp³-hybridized carbons (Fsp3) is 0.727. The summed E-state index contributed by atoms with van der Waals surface area (Å²) in [6.45, 7) is 9.81. The largest absolute Gasteiger partial charge is 0.462 e. The Kier molecular flexibility index (Phi) is 5.46. The van der Waals surface area contributed by atoms with Crippen LogP contribution in [0.25, 0.3) is 0 Å². The molecule has 0 aromatic rings. The van der Waals surface area contributed by atoms with Gasteiger partial charge in [0.2, 0.25) is 0 Å². The third kappa shape index (κ3) is 4.42. The van der Waals surface area contributed by atoms with E-state index in [1.807, 2.05) is 14.1 Å². The first-order chi connectivity index (χ1) is 6.36. The van der Waals surface area contributed by atoms with E-state index in [-0.39, 0.29) is 5.97 Å². The molecule has 0 spiro atoms. The first-order valence-electron chi connectivity index (χ1n) is 4.85. The van der Waals surface area contributed by atoms with E-state index in [4.69, 9.17) is 4.74 Å². The van der Waals surface area contributed by atoms with Crippen LogP contribution >= 0.6 is 0 Å². The lowest BCUT2D eigenvalue weighted by Crippen LogP contribution is -2.33. The van der Waals surface area contributed by atoms with Crippen LogP contribution in [0.15, 0.2) is 12.2 Å². The monoisotopic (exact) mass is 199 g/mol. The quantitative estimate of drug-likeness (QED) is 0.498. The number of hydrogen-bond acceptors (Lipinski definition) is 3. The Labute approximate surface area is 86.7 Å². The van der Waals surface area contributed by atoms with Gasteiger partial charge in [0.25, 0.3) is 0 Å². The van der Waals surface area contributed by atoms with Gasteiger partial charge in [0.05, 0.1) is 6.61 Å². The van der Waals surface area contributed by atoms with Crippen molar-refractivity contribution in [2.24, 2.45) is 5.92 Å². The van der Waals surface area contributed by atoms with E-state index in [2.05, 4.69) is 25.3 Å². The Morgan fingerprint density at radius 1 is 1.43 bits per heavy atom. The van der Waals surface area contributed by atoms with Gasteiger partial charge in [-0.1, -0.05) is 13.5 Å². The molecule has 0 aliphatic carbocycles. The van der Waals surface area contributed by atoms with E-state index >= 15 is 0 Å². The maximum Gasteiger partial charge on any atom is 0.333 e. The standard InChI is InChI=1S/C11H21NO2/c1-8(2)11(13)14-7-9(3)10(4)12(5)6/h9-10H,1,7H2,2-6H3. The van der Waals surface area contributed by atoms with Crippen molar-refractivity contribution in [2.75, 3.05) is 20.7 Å². The van der Waals surface area contributed by atoms with Crippen LogP contribution in [0.5, 0.6) is 0 Å². The summed E-state index contributed by atoms with van der Waals surface area (Å²) in [7, 11) is 4.03. The first-order valence-corrected chi connectivity index (χ1v) is 4.85.